The Morgan fingerprint density at radius 1 is 1.30 bits per heavy atom. The fourth-order valence-corrected chi connectivity index (χ4v) is 4.09. The molecule has 20 heavy (non-hydrogen) atoms. The largest absolute Gasteiger partial charge is 0.465 e. The van der Waals surface area contributed by atoms with Gasteiger partial charge in [0.15, 0.2) is 0 Å². The molecular weight excluding hydrogens is 298 g/mol. The van der Waals surface area contributed by atoms with Crippen LogP contribution in [0.15, 0.2) is 20.9 Å². The topological polar surface area (TPSA) is 84.2 Å². The van der Waals surface area contributed by atoms with Gasteiger partial charge in [0.25, 0.3) is 0 Å². The van der Waals surface area contributed by atoms with Crippen LogP contribution in [0.1, 0.15) is 22.1 Å². The third kappa shape index (κ3) is 3.09. The lowest BCUT2D eigenvalue weighted by Crippen LogP contribution is -2.25. The molecular formula is C12H17N3O3S2. The predicted octanol–water partition coefficient (Wildman–Crippen LogP) is 1.55. The van der Waals surface area contributed by atoms with Gasteiger partial charge in [-0.1, -0.05) is 0 Å². The van der Waals surface area contributed by atoms with Crippen molar-refractivity contribution in [2.24, 2.45) is 0 Å². The highest BCUT2D eigenvalue weighted by Gasteiger charge is 2.26. The second-order valence-corrected chi connectivity index (χ2v) is 6.99. The Hall–Kier alpha value is -1.22. The number of aromatic nitrogens is 1. The lowest BCUT2D eigenvalue weighted by atomic mass is 10.2. The van der Waals surface area contributed by atoms with Crippen molar-refractivity contribution < 1.29 is 12.8 Å². The number of sulfonamides is 1. The summed E-state index contributed by atoms with van der Waals surface area (Å²) >= 11 is 1.41. The van der Waals surface area contributed by atoms with E-state index in [9.17, 15) is 8.42 Å². The molecule has 2 aromatic heterocycles. The number of nitrogens with zero attached hydrogens (tertiary/aromatic N) is 1. The van der Waals surface area contributed by atoms with E-state index in [-0.39, 0.29) is 11.4 Å². The normalized spacial score (nSPS) is 11.9. The molecule has 0 spiro atoms. The lowest BCUT2D eigenvalue weighted by Gasteiger charge is -2.07. The molecule has 0 amide bonds. The molecule has 0 saturated carbocycles. The molecule has 2 N–H and O–H groups in total. The highest BCUT2D eigenvalue weighted by Crippen LogP contribution is 2.26. The van der Waals surface area contributed by atoms with Crippen LogP contribution in [0.5, 0.6) is 0 Å². The van der Waals surface area contributed by atoms with Gasteiger partial charge in [-0.05, 0) is 20.9 Å². The summed E-state index contributed by atoms with van der Waals surface area (Å²) < 4.78 is 32.9. The average Bonchev–Trinajstić information content (AvgIpc) is 2.97. The summed E-state index contributed by atoms with van der Waals surface area (Å²) in [6.07, 6.45) is 1.65. The summed E-state index contributed by atoms with van der Waals surface area (Å²) in [6.45, 7) is 4.04. The first-order valence-corrected chi connectivity index (χ1v) is 8.43. The van der Waals surface area contributed by atoms with Crippen LogP contribution in [-0.2, 0) is 23.1 Å². The fraction of sp³-hybridized carbons (Fsp3) is 0.417. The van der Waals surface area contributed by atoms with E-state index in [1.165, 1.54) is 11.3 Å². The van der Waals surface area contributed by atoms with Gasteiger partial charge in [0, 0.05) is 23.7 Å². The van der Waals surface area contributed by atoms with Crippen LogP contribution in [0.4, 0.5) is 0 Å². The van der Waals surface area contributed by atoms with Crippen molar-refractivity contribution in [3.63, 3.8) is 0 Å². The van der Waals surface area contributed by atoms with Crippen molar-refractivity contribution in [2.75, 3.05) is 7.05 Å². The maximum atomic E-state index is 12.4. The highest BCUT2D eigenvalue weighted by molar-refractivity contribution is 7.89. The van der Waals surface area contributed by atoms with Crippen molar-refractivity contribution in [3.05, 3.63) is 33.7 Å². The zero-order valence-electron chi connectivity index (χ0n) is 11.6. The van der Waals surface area contributed by atoms with Gasteiger partial charge in [-0.15, -0.1) is 11.3 Å². The number of hydrogen-bond donors (Lipinski definition) is 2. The molecule has 0 aliphatic rings. The Bertz CT molecular complexity index is 675. The standard InChI is InChI=1S/C12H17N3O3S2/c1-8-10(6-13-3)12(9(2)18-8)20(16,17)15-7-11-14-4-5-19-11/h4-5,13,15H,6-7H2,1-3H3. The van der Waals surface area contributed by atoms with Crippen molar-refractivity contribution >= 4 is 21.4 Å². The molecule has 6 nitrogen and oxygen atoms in total. The second kappa shape index (κ2) is 6.04. The van der Waals surface area contributed by atoms with E-state index >= 15 is 0 Å². The molecule has 0 bridgehead atoms. The minimum Gasteiger partial charge on any atom is -0.465 e. The zero-order chi connectivity index (χ0) is 14.8. The van der Waals surface area contributed by atoms with Gasteiger partial charge in [0.05, 0.1) is 6.54 Å². The minimum atomic E-state index is -3.62. The lowest BCUT2D eigenvalue weighted by molar-refractivity contribution is 0.493. The number of aryl methyl sites for hydroxylation is 2. The molecule has 8 heteroatoms. The molecule has 0 saturated heterocycles. The van der Waals surface area contributed by atoms with Gasteiger partial charge in [0.1, 0.15) is 21.4 Å². The molecule has 2 heterocycles. The Morgan fingerprint density at radius 2 is 2.05 bits per heavy atom. The Labute approximate surface area is 122 Å². The summed E-state index contributed by atoms with van der Waals surface area (Å²) in [5, 5.41) is 5.49. The van der Waals surface area contributed by atoms with Gasteiger partial charge in [-0.25, -0.2) is 18.1 Å². The minimum absolute atomic E-state index is 0.183. The van der Waals surface area contributed by atoms with E-state index in [2.05, 4.69) is 15.0 Å². The maximum absolute atomic E-state index is 12.4. The highest BCUT2D eigenvalue weighted by atomic mass is 32.2. The maximum Gasteiger partial charge on any atom is 0.244 e. The number of rotatable bonds is 6. The molecule has 0 aliphatic carbocycles. The van der Waals surface area contributed by atoms with E-state index in [0.29, 0.717) is 23.6 Å². The summed E-state index contributed by atoms with van der Waals surface area (Å²) in [6, 6.07) is 0. The Balaban J connectivity index is 2.29. The fourth-order valence-electron chi connectivity index (χ4n) is 2.01. The SMILES string of the molecule is CNCc1c(C)oc(C)c1S(=O)(=O)NCc1nccs1. The summed E-state index contributed by atoms with van der Waals surface area (Å²) in [5.41, 5.74) is 0.664. The molecule has 2 rings (SSSR count). The second-order valence-electron chi connectivity index (χ2n) is 4.30. The number of nitrogens with one attached hydrogen (secondary N) is 2. The van der Waals surface area contributed by atoms with E-state index < -0.39 is 10.0 Å². The molecule has 2 aromatic rings. The van der Waals surface area contributed by atoms with Crippen molar-refractivity contribution in [1.82, 2.24) is 15.0 Å². The monoisotopic (exact) mass is 315 g/mol. The van der Waals surface area contributed by atoms with Crippen molar-refractivity contribution in [3.8, 4) is 0 Å². The molecule has 0 radical (unpaired) electrons. The Kier molecular flexibility index (Phi) is 4.59. The number of thiazole rings is 1. The smallest absolute Gasteiger partial charge is 0.244 e. The van der Waals surface area contributed by atoms with Crippen LogP contribution in [0.2, 0.25) is 0 Å². The van der Waals surface area contributed by atoms with Crippen LogP contribution in [0.25, 0.3) is 0 Å². The molecule has 0 fully saturated rings. The molecule has 0 aromatic carbocycles. The van der Waals surface area contributed by atoms with Gasteiger partial charge >= 0.3 is 0 Å². The molecule has 0 unspecified atom stereocenters. The van der Waals surface area contributed by atoms with Crippen LogP contribution in [-0.4, -0.2) is 20.4 Å². The first kappa shape index (κ1) is 15.2. The van der Waals surface area contributed by atoms with E-state index in [0.717, 1.165) is 5.01 Å². The first-order valence-electron chi connectivity index (χ1n) is 6.07. The van der Waals surface area contributed by atoms with Gasteiger partial charge < -0.3 is 9.73 Å². The van der Waals surface area contributed by atoms with E-state index in [4.69, 9.17) is 4.42 Å². The molecule has 110 valence electrons. The molecule has 0 atom stereocenters. The van der Waals surface area contributed by atoms with Crippen molar-refractivity contribution in [2.45, 2.75) is 31.8 Å². The number of hydrogen-bond acceptors (Lipinski definition) is 6. The zero-order valence-corrected chi connectivity index (χ0v) is 13.2. The third-order valence-electron chi connectivity index (χ3n) is 2.84. The quantitative estimate of drug-likeness (QED) is 0.845. The van der Waals surface area contributed by atoms with Gasteiger partial charge in [0.2, 0.25) is 10.0 Å². The van der Waals surface area contributed by atoms with E-state index in [1.54, 1.807) is 27.1 Å². The third-order valence-corrected chi connectivity index (χ3v) is 5.22. The van der Waals surface area contributed by atoms with Gasteiger partial charge in [-0.2, -0.15) is 0 Å². The summed E-state index contributed by atoms with van der Waals surface area (Å²) in [4.78, 5) is 4.28. The van der Waals surface area contributed by atoms with Gasteiger partial charge in [-0.3, -0.25) is 0 Å². The van der Waals surface area contributed by atoms with Crippen LogP contribution in [0, 0.1) is 13.8 Å². The number of furan rings is 1. The summed E-state index contributed by atoms with van der Waals surface area (Å²) in [5.74, 6) is 1.02. The van der Waals surface area contributed by atoms with E-state index in [1.807, 2.05) is 5.38 Å². The average molecular weight is 315 g/mol. The predicted molar refractivity (Wildman–Crippen MR) is 77.1 cm³/mol. The summed E-state index contributed by atoms with van der Waals surface area (Å²) in [7, 11) is -1.85. The van der Waals surface area contributed by atoms with Crippen molar-refractivity contribution in [1.29, 1.82) is 0 Å². The van der Waals surface area contributed by atoms with Crippen LogP contribution in [0.3, 0.4) is 0 Å². The Morgan fingerprint density at radius 3 is 2.65 bits per heavy atom. The first-order chi connectivity index (χ1) is 9.45. The van der Waals surface area contributed by atoms with Crippen LogP contribution >= 0.6 is 11.3 Å². The van der Waals surface area contributed by atoms with Crippen LogP contribution < -0.4 is 10.0 Å². The molecule has 0 aliphatic heterocycles.